The van der Waals surface area contributed by atoms with Crippen molar-refractivity contribution in [1.29, 1.82) is 0 Å². The topological polar surface area (TPSA) is 61.6 Å². The Labute approximate surface area is 173 Å². The van der Waals surface area contributed by atoms with Crippen LogP contribution in [0.4, 0.5) is 0 Å². The molecule has 1 atom stereocenters. The van der Waals surface area contributed by atoms with E-state index < -0.39 is 0 Å². The lowest BCUT2D eigenvalue weighted by Gasteiger charge is -2.42. The van der Waals surface area contributed by atoms with Gasteiger partial charge in [-0.3, -0.25) is 19.6 Å². The van der Waals surface area contributed by atoms with Crippen molar-refractivity contribution in [2.75, 3.05) is 32.7 Å². The molecule has 0 radical (unpaired) electrons. The summed E-state index contributed by atoms with van der Waals surface area (Å²) in [6.07, 6.45) is 10.7. The first-order valence-electron chi connectivity index (χ1n) is 10.9. The molecule has 0 spiro atoms. The van der Waals surface area contributed by atoms with Gasteiger partial charge in [-0.15, -0.1) is 0 Å². The van der Waals surface area contributed by atoms with E-state index in [0.29, 0.717) is 12.6 Å². The molecule has 2 aliphatic heterocycles. The van der Waals surface area contributed by atoms with Gasteiger partial charge in [0.05, 0.1) is 12.2 Å². The van der Waals surface area contributed by atoms with E-state index in [0.717, 1.165) is 57.7 Å². The molecule has 0 unspecified atom stereocenters. The number of carbonyl (C=O) groups is 1. The van der Waals surface area contributed by atoms with Crippen LogP contribution in [0.5, 0.6) is 0 Å². The molecule has 156 valence electrons. The van der Waals surface area contributed by atoms with Gasteiger partial charge in [0.2, 0.25) is 5.91 Å². The van der Waals surface area contributed by atoms with Crippen molar-refractivity contribution in [2.24, 2.45) is 5.92 Å². The van der Waals surface area contributed by atoms with Crippen molar-refractivity contribution in [3.8, 4) is 0 Å². The molecule has 0 aliphatic carbocycles. The molecule has 0 saturated carbocycles. The van der Waals surface area contributed by atoms with Crippen LogP contribution in [0.15, 0.2) is 47.3 Å². The lowest BCUT2D eigenvalue weighted by atomic mass is 9.93. The molecule has 2 saturated heterocycles. The monoisotopic (exact) mass is 396 g/mol. The van der Waals surface area contributed by atoms with Gasteiger partial charge in [0.1, 0.15) is 5.76 Å². The van der Waals surface area contributed by atoms with Gasteiger partial charge in [0.15, 0.2) is 0 Å². The summed E-state index contributed by atoms with van der Waals surface area (Å²) in [4.78, 5) is 21.8. The zero-order chi connectivity index (χ0) is 19.9. The van der Waals surface area contributed by atoms with E-state index in [-0.39, 0.29) is 11.8 Å². The quantitative estimate of drug-likeness (QED) is 0.780. The minimum absolute atomic E-state index is 0.121. The van der Waals surface area contributed by atoms with Crippen LogP contribution in [0.2, 0.25) is 0 Å². The molecular formula is C23H32N4O2. The van der Waals surface area contributed by atoms with E-state index in [2.05, 4.69) is 32.2 Å². The summed E-state index contributed by atoms with van der Waals surface area (Å²) in [5.74, 6) is 1.25. The van der Waals surface area contributed by atoms with Crippen LogP contribution in [0, 0.1) is 5.92 Å². The average molecular weight is 397 g/mol. The van der Waals surface area contributed by atoms with Crippen LogP contribution in [0.3, 0.4) is 0 Å². The second kappa shape index (κ2) is 10.0. The van der Waals surface area contributed by atoms with E-state index in [1.807, 2.05) is 24.5 Å². The third-order valence-corrected chi connectivity index (χ3v) is 6.30. The van der Waals surface area contributed by atoms with Crippen LogP contribution >= 0.6 is 0 Å². The molecule has 2 aromatic rings. The summed E-state index contributed by atoms with van der Waals surface area (Å²) < 4.78 is 5.34. The van der Waals surface area contributed by atoms with Crippen molar-refractivity contribution >= 4 is 5.91 Å². The van der Waals surface area contributed by atoms with Crippen molar-refractivity contribution in [3.05, 3.63) is 54.2 Å². The molecule has 6 heteroatoms. The number of nitrogens with one attached hydrogen (secondary N) is 1. The van der Waals surface area contributed by atoms with Gasteiger partial charge in [0.25, 0.3) is 0 Å². The zero-order valence-corrected chi connectivity index (χ0v) is 17.1. The van der Waals surface area contributed by atoms with Crippen molar-refractivity contribution < 1.29 is 9.21 Å². The van der Waals surface area contributed by atoms with Crippen molar-refractivity contribution in [2.45, 2.75) is 44.7 Å². The van der Waals surface area contributed by atoms with Gasteiger partial charge in [-0.2, -0.15) is 0 Å². The molecule has 2 aliphatic rings. The maximum atomic E-state index is 12.6. The zero-order valence-electron chi connectivity index (χ0n) is 17.1. The molecular weight excluding hydrogens is 364 g/mol. The highest BCUT2D eigenvalue weighted by Crippen LogP contribution is 2.24. The Morgan fingerprint density at radius 3 is 2.72 bits per heavy atom. The fourth-order valence-corrected chi connectivity index (χ4v) is 4.65. The molecule has 29 heavy (non-hydrogen) atoms. The Morgan fingerprint density at radius 1 is 1.14 bits per heavy atom. The predicted octanol–water partition coefficient (Wildman–Crippen LogP) is 2.71. The number of amides is 1. The van der Waals surface area contributed by atoms with Crippen LogP contribution in [0.1, 0.15) is 37.0 Å². The number of carbonyl (C=O) groups excluding carboxylic acids is 1. The Bertz CT molecular complexity index is 742. The number of nitrogens with zero attached hydrogens (tertiary/aromatic N) is 3. The Kier molecular flexibility index (Phi) is 6.96. The molecule has 6 nitrogen and oxygen atoms in total. The fraction of sp³-hybridized carbons (Fsp3) is 0.565. The van der Waals surface area contributed by atoms with Gasteiger partial charge in [0, 0.05) is 44.5 Å². The minimum atomic E-state index is 0.121. The third kappa shape index (κ3) is 5.67. The maximum absolute atomic E-state index is 12.6. The molecule has 2 fully saturated rings. The number of hydrogen-bond donors (Lipinski definition) is 1. The summed E-state index contributed by atoms with van der Waals surface area (Å²) in [6.45, 7) is 5.95. The first-order chi connectivity index (χ1) is 14.3. The third-order valence-electron chi connectivity index (χ3n) is 6.30. The summed E-state index contributed by atoms with van der Waals surface area (Å²) in [5, 5.41) is 3.11. The number of aromatic nitrogens is 1. The van der Waals surface area contributed by atoms with E-state index in [4.69, 9.17) is 4.42 Å². The Morgan fingerprint density at radius 2 is 1.97 bits per heavy atom. The van der Waals surface area contributed by atoms with Crippen LogP contribution in [-0.4, -0.2) is 59.5 Å². The number of piperidine rings is 2. The van der Waals surface area contributed by atoms with E-state index >= 15 is 0 Å². The molecule has 1 amide bonds. The fourth-order valence-electron chi connectivity index (χ4n) is 4.65. The lowest BCUT2D eigenvalue weighted by molar-refractivity contribution is -0.127. The Balaban J connectivity index is 1.20. The summed E-state index contributed by atoms with van der Waals surface area (Å²) in [6, 6.07) is 8.66. The van der Waals surface area contributed by atoms with Gasteiger partial charge in [-0.05, 0) is 75.1 Å². The number of hydrogen-bond acceptors (Lipinski definition) is 5. The normalized spacial score (nSPS) is 21.9. The molecule has 4 rings (SSSR count). The van der Waals surface area contributed by atoms with E-state index in [9.17, 15) is 4.79 Å². The number of pyridine rings is 1. The molecule has 4 heterocycles. The first-order valence-corrected chi connectivity index (χ1v) is 10.9. The minimum Gasteiger partial charge on any atom is -0.469 e. The van der Waals surface area contributed by atoms with E-state index in [1.165, 1.54) is 18.4 Å². The predicted molar refractivity (Wildman–Crippen MR) is 112 cm³/mol. The van der Waals surface area contributed by atoms with Crippen LogP contribution in [0.25, 0.3) is 0 Å². The lowest BCUT2D eigenvalue weighted by Crippen LogP contribution is -2.50. The summed E-state index contributed by atoms with van der Waals surface area (Å²) >= 11 is 0. The highest BCUT2D eigenvalue weighted by molar-refractivity contribution is 5.78. The smallest absolute Gasteiger partial charge is 0.224 e. The standard InChI is InChI=1S/C23H32N4O2/c28-23(25-12-7-22-4-2-16-29-22)20-3-1-13-27(18-20)21-8-14-26(15-9-21)17-19-5-10-24-11-6-19/h2,4-6,10-11,16,20-21H,1,3,7-9,12-15,17-18H2,(H,25,28)/t20-/m1/s1. The van der Waals surface area contributed by atoms with E-state index in [1.54, 1.807) is 6.26 Å². The van der Waals surface area contributed by atoms with Crippen molar-refractivity contribution in [3.63, 3.8) is 0 Å². The van der Waals surface area contributed by atoms with Gasteiger partial charge in [-0.25, -0.2) is 0 Å². The van der Waals surface area contributed by atoms with Gasteiger partial charge < -0.3 is 9.73 Å². The highest BCUT2D eigenvalue weighted by Gasteiger charge is 2.31. The van der Waals surface area contributed by atoms with Crippen LogP contribution < -0.4 is 5.32 Å². The van der Waals surface area contributed by atoms with Gasteiger partial charge in [-0.1, -0.05) is 0 Å². The largest absolute Gasteiger partial charge is 0.469 e. The Hall–Kier alpha value is -2.18. The molecule has 0 bridgehead atoms. The number of rotatable bonds is 7. The highest BCUT2D eigenvalue weighted by atomic mass is 16.3. The molecule has 2 aromatic heterocycles. The second-order valence-corrected chi connectivity index (χ2v) is 8.32. The number of furan rings is 1. The maximum Gasteiger partial charge on any atom is 0.224 e. The van der Waals surface area contributed by atoms with Crippen LogP contribution in [-0.2, 0) is 17.8 Å². The summed E-state index contributed by atoms with van der Waals surface area (Å²) in [5.41, 5.74) is 1.34. The SMILES string of the molecule is O=C(NCCc1ccco1)[C@@H]1CCCN(C2CCN(Cc3ccncc3)CC2)C1. The summed E-state index contributed by atoms with van der Waals surface area (Å²) in [7, 11) is 0. The molecule has 1 N–H and O–H groups in total. The average Bonchev–Trinajstić information content (AvgIpc) is 3.29. The molecule has 0 aromatic carbocycles. The second-order valence-electron chi connectivity index (χ2n) is 8.32. The number of likely N-dealkylation sites (tertiary alicyclic amines) is 2. The van der Waals surface area contributed by atoms with Crippen molar-refractivity contribution in [1.82, 2.24) is 20.1 Å². The first kappa shape index (κ1) is 20.1. The van der Waals surface area contributed by atoms with Gasteiger partial charge >= 0.3 is 0 Å².